The van der Waals surface area contributed by atoms with Crippen LogP contribution in [0.4, 0.5) is 0 Å². The molecule has 4 nitrogen and oxygen atoms in total. The van der Waals surface area contributed by atoms with Gasteiger partial charge in [-0.3, -0.25) is 0 Å². The highest BCUT2D eigenvalue weighted by Gasteiger charge is 2.41. The molecule has 0 amide bonds. The van der Waals surface area contributed by atoms with E-state index in [0.29, 0.717) is 31.3 Å². The third-order valence-electron chi connectivity index (χ3n) is 5.53. The highest BCUT2D eigenvalue weighted by molar-refractivity contribution is 5.89. The minimum Gasteiger partial charge on any atom is -0.453 e. The molecule has 4 heteroatoms. The predicted molar refractivity (Wildman–Crippen MR) is 94.4 cm³/mol. The van der Waals surface area contributed by atoms with Gasteiger partial charge in [0.25, 0.3) is 0 Å². The molecule has 1 fully saturated rings. The lowest BCUT2D eigenvalue weighted by Gasteiger charge is -2.33. The van der Waals surface area contributed by atoms with Crippen LogP contribution in [0.1, 0.15) is 59.3 Å². The van der Waals surface area contributed by atoms with E-state index in [1.807, 2.05) is 19.9 Å². The highest BCUT2D eigenvalue weighted by atomic mass is 16.6. The Bertz CT molecular complexity index is 560. The fourth-order valence-corrected chi connectivity index (χ4v) is 3.43. The van der Waals surface area contributed by atoms with Crippen LogP contribution in [0.2, 0.25) is 0 Å². The third-order valence-corrected chi connectivity index (χ3v) is 5.53. The van der Waals surface area contributed by atoms with Crippen molar-refractivity contribution in [3.8, 4) is 0 Å². The topological polar surface area (TPSA) is 66.8 Å². The first kappa shape index (κ1) is 18.9. The van der Waals surface area contributed by atoms with E-state index in [1.54, 1.807) is 6.92 Å². The monoisotopic (exact) mass is 334 g/mol. The Labute approximate surface area is 144 Å². The predicted octanol–water partition coefficient (Wildman–Crippen LogP) is 3.44. The molecule has 1 saturated heterocycles. The lowest BCUT2D eigenvalue weighted by Crippen LogP contribution is -2.43. The van der Waals surface area contributed by atoms with Crippen molar-refractivity contribution < 1.29 is 19.7 Å². The van der Waals surface area contributed by atoms with Gasteiger partial charge in [0.15, 0.2) is 0 Å². The Hall–Kier alpha value is -1.39. The van der Waals surface area contributed by atoms with Gasteiger partial charge in [-0.2, -0.15) is 0 Å². The summed E-state index contributed by atoms with van der Waals surface area (Å²) in [7, 11) is 0. The Morgan fingerprint density at radius 3 is 2.67 bits per heavy atom. The quantitative estimate of drug-likeness (QED) is 0.404. The fraction of sp³-hybridized carbons (Fsp3) is 0.650. The van der Waals surface area contributed by atoms with Gasteiger partial charge in [-0.25, -0.2) is 4.79 Å². The van der Waals surface area contributed by atoms with Crippen LogP contribution >= 0.6 is 0 Å². The van der Waals surface area contributed by atoms with Crippen LogP contribution in [-0.2, 0) is 9.53 Å². The molecule has 0 aromatic heterocycles. The van der Waals surface area contributed by atoms with Crippen molar-refractivity contribution in [1.29, 1.82) is 0 Å². The zero-order valence-corrected chi connectivity index (χ0v) is 15.0. The van der Waals surface area contributed by atoms with E-state index >= 15 is 0 Å². The normalized spacial score (nSPS) is 38.5. The summed E-state index contributed by atoms with van der Waals surface area (Å²) in [4.78, 5) is 12.4. The second-order valence-electron chi connectivity index (χ2n) is 7.50. The van der Waals surface area contributed by atoms with Gasteiger partial charge in [-0.1, -0.05) is 24.3 Å². The minimum atomic E-state index is -0.894. The average molecular weight is 334 g/mol. The molecule has 0 spiro atoms. The standard InChI is InChI=1S/C20H30O4/c1-13-6-5-7-14(2)17(21)12-16-10-11-20(4,18(22)9-8-13)24-19(23)15(16)3/h6-7,16-18,21-22H,3,5,8-12H2,1-2,4H3/b13-6?,14-7+/t16-,17+,18+,20-/m1/s1. The second kappa shape index (κ2) is 7.66. The van der Waals surface area contributed by atoms with Crippen molar-refractivity contribution in [3.05, 3.63) is 35.5 Å². The average Bonchev–Trinajstić information content (AvgIpc) is 2.64. The van der Waals surface area contributed by atoms with Gasteiger partial charge in [0.05, 0.1) is 12.2 Å². The Balaban J connectivity index is 2.33. The van der Waals surface area contributed by atoms with E-state index < -0.39 is 23.8 Å². The Morgan fingerprint density at radius 1 is 1.25 bits per heavy atom. The van der Waals surface area contributed by atoms with Crippen LogP contribution in [0.5, 0.6) is 0 Å². The molecule has 24 heavy (non-hydrogen) atoms. The number of ether oxygens (including phenoxy) is 1. The number of esters is 1. The molecule has 2 bridgehead atoms. The summed E-state index contributed by atoms with van der Waals surface area (Å²) in [5, 5.41) is 21.1. The Morgan fingerprint density at radius 2 is 1.96 bits per heavy atom. The lowest BCUT2D eigenvalue weighted by molar-refractivity contribution is -0.165. The van der Waals surface area contributed by atoms with E-state index in [2.05, 4.69) is 12.7 Å². The Kier molecular flexibility index (Phi) is 6.05. The third kappa shape index (κ3) is 4.37. The molecule has 1 aliphatic heterocycles. The summed E-state index contributed by atoms with van der Waals surface area (Å²) in [5.41, 5.74) is 1.62. The molecule has 0 aromatic rings. The maximum atomic E-state index is 12.4. The first-order chi connectivity index (χ1) is 11.2. The maximum Gasteiger partial charge on any atom is 0.334 e. The molecule has 2 rings (SSSR count). The van der Waals surface area contributed by atoms with Crippen LogP contribution in [0.25, 0.3) is 0 Å². The van der Waals surface area contributed by atoms with E-state index in [4.69, 9.17) is 4.74 Å². The molecular weight excluding hydrogens is 304 g/mol. The van der Waals surface area contributed by atoms with Gasteiger partial charge < -0.3 is 14.9 Å². The molecule has 134 valence electrons. The smallest absolute Gasteiger partial charge is 0.334 e. The number of aliphatic hydroxyl groups excluding tert-OH is 2. The molecule has 1 heterocycles. The second-order valence-corrected chi connectivity index (χ2v) is 7.50. The first-order valence-electron chi connectivity index (χ1n) is 8.83. The molecule has 2 N–H and O–H groups in total. The van der Waals surface area contributed by atoms with E-state index in [0.717, 1.165) is 18.4 Å². The zero-order valence-electron chi connectivity index (χ0n) is 15.0. The van der Waals surface area contributed by atoms with E-state index in [-0.39, 0.29) is 5.92 Å². The van der Waals surface area contributed by atoms with Crippen molar-refractivity contribution in [2.75, 3.05) is 0 Å². The summed E-state index contributed by atoms with van der Waals surface area (Å²) in [6.45, 7) is 9.66. The van der Waals surface area contributed by atoms with E-state index in [9.17, 15) is 15.0 Å². The number of aliphatic hydroxyl groups is 2. The summed E-state index contributed by atoms with van der Waals surface area (Å²) in [6.07, 6.45) is 6.65. The molecule has 2 aliphatic rings. The first-order valence-corrected chi connectivity index (χ1v) is 8.83. The number of carbonyl (C=O) groups excluding carboxylic acids is 1. The van der Waals surface area contributed by atoms with Crippen molar-refractivity contribution in [2.45, 2.75) is 77.1 Å². The SMILES string of the molecule is C=C1C(=O)O[C@]2(C)CC[C@@H]1C[C@H](O)/C(C)=C/CC=C(C)CC[C@@H]2O. The zero-order chi connectivity index (χ0) is 17.9. The van der Waals surface area contributed by atoms with Gasteiger partial charge >= 0.3 is 5.97 Å². The van der Waals surface area contributed by atoms with Crippen molar-refractivity contribution in [2.24, 2.45) is 5.92 Å². The van der Waals surface area contributed by atoms with Gasteiger partial charge in [0, 0.05) is 5.57 Å². The molecule has 0 aromatic carbocycles. The molecule has 1 aliphatic carbocycles. The number of hydrogen-bond acceptors (Lipinski definition) is 4. The number of carbonyl (C=O) groups is 1. The van der Waals surface area contributed by atoms with E-state index in [1.165, 1.54) is 5.57 Å². The summed E-state index contributed by atoms with van der Waals surface area (Å²) in [5.74, 6) is -0.569. The van der Waals surface area contributed by atoms with Crippen molar-refractivity contribution in [3.63, 3.8) is 0 Å². The van der Waals surface area contributed by atoms with Crippen molar-refractivity contribution in [1.82, 2.24) is 0 Å². The van der Waals surface area contributed by atoms with Gasteiger partial charge in [-0.15, -0.1) is 0 Å². The van der Waals surface area contributed by atoms with Crippen LogP contribution in [0.3, 0.4) is 0 Å². The van der Waals surface area contributed by atoms with Gasteiger partial charge in [-0.05, 0) is 70.8 Å². The van der Waals surface area contributed by atoms with Gasteiger partial charge in [0.1, 0.15) is 5.60 Å². The van der Waals surface area contributed by atoms with Crippen LogP contribution in [0, 0.1) is 5.92 Å². The number of allylic oxidation sites excluding steroid dienone is 3. The fourth-order valence-electron chi connectivity index (χ4n) is 3.43. The van der Waals surface area contributed by atoms with Gasteiger partial charge in [0.2, 0.25) is 0 Å². The highest BCUT2D eigenvalue weighted by Crippen LogP contribution is 2.37. The largest absolute Gasteiger partial charge is 0.453 e. The summed E-state index contributed by atoms with van der Waals surface area (Å²) in [6, 6.07) is 0. The molecule has 0 radical (unpaired) electrons. The maximum absolute atomic E-state index is 12.4. The number of hydrogen-bond donors (Lipinski definition) is 2. The minimum absolute atomic E-state index is 0.120. The molecular formula is C20H30O4. The number of fused-ring (bicyclic) bond motifs is 3. The molecule has 0 unspecified atom stereocenters. The lowest BCUT2D eigenvalue weighted by atomic mass is 9.83. The molecule has 0 saturated carbocycles. The van der Waals surface area contributed by atoms with Crippen LogP contribution in [0.15, 0.2) is 35.5 Å². The van der Waals surface area contributed by atoms with Crippen LogP contribution < -0.4 is 0 Å². The van der Waals surface area contributed by atoms with Crippen LogP contribution in [-0.4, -0.2) is 34.0 Å². The molecule has 4 atom stereocenters. The van der Waals surface area contributed by atoms with Crippen molar-refractivity contribution >= 4 is 5.97 Å². The summed E-state index contributed by atoms with van der Waals surface area (Å²) < 4.78 is 5.62. The summed E-state index contributed by atoms with van der Waals surface area (Å²) >= 11 is 0. The number of rotatable bonds is 0.